The average Bonchev–Trinajstić information content (AvgIpc) is 2.87. The topological polar surface area (TPSA) is 122 Å². The molecular formula is C11H6ClN3O5S. The lowest BCUT2D eigenvalue weighted by atomic mass is 10.2. The SMILES string of the molecule is O=C(O)c1ccc(NC(=O)c2cc([N+](=O)[O-])cnc2Cl)s1. The molecule has 0 spiro atoms. The fourth-order valence-electron chi connectivity index (χ4n) is 1.40. The van der Waals surface area contributed by atoms with Crippen LogP contribution >= 0.6 is 22.9 Å². The summed E-state index contributed by atoms with van der Waals surface area (Å²) in [5.41, 5.74) is -0.543. The number of aromatic carboxylic acids is 1. The van der Waals surface area contributed by atoms with Gasteiger partial charge in [-0.1, -0.05) is 11.6 Å². The molecule has 8 nitrogen and oxygen atoms in total. The van der Waals surface area contributed by atoms with Crippen LogP contribution in [0.2, 0.25) is 5.15 Å². The molecule has 21 heavy (non-hydrogen) atoms. The summed E-state index contributed by atoms with van der Waals surface area (Å²) in [6.45, 7) is 0. The van der Waals surface area contributed by atoms with Crippen molar-refractivity contribution in [1.29, 1.82) is 0 Å². The van der Waals surface area contributed by atoms with Gasteiger partial charge in [0.1, 0.15) is 16.2 Å². The maximum Gasteiger partial charge on any atom is 0.345 e. The monoisotopic (exact) mass is 327 g/mol. The Hall–Kier alpha value is -2.52. The van der Waals surface area contributed by atoms with Gasteiger partial charge < -0.3 is 10.4 Å². The minimum Gasteiger partial charge on any atom is -0.477 e. The molecule has 0 radical (unpaired) electrons. The highest BCUT2D eigenvalue weighted by molar-refractivity contribution is 7.18. The lowest BCUT2D eigenvalue weighted by Gasteiger charge is -2.03. The zero-order valence-corrected chi connectivity index (χ0v) is 11.6. The molecule has 10 heteroatoms. The van der Waals surface area contributed by atoms with Crippen molar-refractivity contribution in [2.75, 3.05) is 5.32 Å². The summed E-state index contributed by atoms with van der Waals surface area (Å²) in [6.07, 6.45) is 0.937. The number of thiophene rings is 1. The van der Waals surface area contributed by atoms with Gasteiger partial charge in [0.2, 0.25) is 0 Å². The number of anilines is 1. The number of rotatable bonds is 4. The molecule has 0 saturated carbocycles. The number of carboxylic acid groups (broad SMARTS) is 1. The van der Waals surface area contributed by atoms with Crippen LogP contribution in [0.4, 0.5) is 10.7 Å². The average molecular weight is 328 g/mol. The van der Waals surface area contributed by atoms with Gasteiger partial charge in [0.25, 0.3) is 11.6 Å². The van der Waals surface area contributed by atoms with Crippen molar-refractivity contribution in [3.63, 3.8) is 0 Å². The Labute approximate surface area is 126 Å². The van der Waals surface area contributed by atoms with Crippen LogP contribution in [0.5, 0.6) is 0 Å². The number of nitrogens with zero attached hydrogens (tertiary/aromatic N) is 2. The summed E-state index contributed by atoms with van der Waals surface area (Å²) in [7, 11) is 0. The van der Waals surface area contributed by atoms with Gasteiger partial charge in [-0.25, -0.2) is 9.78 Å². The van der Waals surface area contributed by atoms with Crippen LogP contribution in [0.25, 0.3) is 0 Å². The van der Waals surface area contributed by atoms with E-state index in [4.69, 9.17) is 16.7 Å². The van der Waals surface area contributed by atoms with E-state index in [0.29, 0.717) is 0 Å². The molecule has 1 amide bonds. The highest BCUT2D eigenvalue weighted by atomic mass is 35.5. The molecule has 0 aliphatic rings. The van der Waals surface area contributed by atoms with Gasteiger partial charge in [0.05, 0.1) is 15.5 Å². The first-order valence-electron chi connectivity index (χ1n) is 5.33. The van der Waals surface area contributed by atoms with Gasteiger partial charge in [-0.05, 0) is 12.1 Å². The van der Waals surface area contributed by atoms with E-state index in [9.17, 15) is 19.7 Å². The summed E-state index contributed by atoms with van der Waals surface area (Å²) in [5.74, 6) is -1.83. The lowest BCUT2D eigenvalue weighted by molar-refractivity contribution is -0.385. The van der Waals surface area contributed by atoms with Gasteiger partial charge in [0.15, 0.2) is 0 Å². The number of aromatic nitrogens is 1. The molecule has 108 valence electrons. The van der Waals surface area contributed by atoms with Crippen molar-refractivity contribution in [2.24, 2.45) is 0 Å². The van der Waals surface area contributed by atoms with E-state index in [1.54, 1.807) is 0 Å². The second-order valence-electron chi connectivity index (χ2n) is 3.71. The van der Waals surface area contributed by atoms with Crippen LogP contribution in [0.1, 0.15) is 20.0 Å². The van der Waals surface area contributed by atoms with E-state index in [0.717, 1.165) is 23.6 Å². The smallest absolute Gasteiger partial charge is 0.345 e. The number of amides is 1. The number of carbonyl (C=O) groups is 2. The number of hydrogen-bond donors (Lipinski definition) is 2. The Morgan fingerprint density at radius 1 is 1.43 bits per heavy atom. The molecule has 2 aromatic heterocycles. The normalized spacial score (nSPS) is 10.1. The van der Waals surface area contributed by atoms with Crippen LogP contribution in [0.3, 0.4) is 0 Å². The third-order valence-corrected chi connectivity index (χ3v) is 3.62. The summed E-state index contributed by atoms with van der Waals surface area (Å²) in [4.78, 5) is 36.3. The number of carboxylic acids is 1. The predicted molar refractivity (Wildman–Crippen MR) is 75.1 cm³/mol. The minimum absolute atomic E-state index is 0.0496. The zero-order valence-electron chi connectivity index (χ0n) is 10.1. The van der Waals surface area contributed by atoms with E-state index >= 15 is 0 Å². The lowest BCUT2D eigenvalue weighted by Crippen LogP contribution is -2.12. The highest BCUT2D eigenvalue weighted by Gasteiger charge is 2.18. The van der Waals surface area contributed by atoms with Crippen molar-refractivity contribution in [2.45, 2.75) is 0 Å². The van der Waals surface area contributed by atoms with Crippen molar-refractivity contribution in [1.82, 2.24) is 4.98 Å². The van der Waals surface area contributed by atoms with Crippen molar-refractivity contribution in [3.8, 4) is 0 Å². The van der Waals surface area contributed by atoms with Crippen LogP contribution in [0, 0.1) is 10.1 Å². The minimum atomic E-state index is -1.12. The molecule has 0 fully saturated rings. The molecular weight excluding hydrogens is 322 g/mol. The molecule has 2 rings (SSSR count). The maximum atomic E-state index is 12.0. The van der Waals surface area contributed by atoms with Crippen molar-refractivity contribution < 1.29 is 19.6 Å². The molecule has 0 saturated heterocycles. The van der Waals surface area contributed by atoms with Gasteiger partial charge >= 0.3 is 5.97 Å². The van der Waals surface area contributed by atoms with E-state index in [-0.39, 0.29) is 26.3 Å². The van der Waals surface area contributed by atoms with Gasteiger partial charge in [-0.2, -0.15) is 0 Å². The quantitative estimate of drug-likeness (QED) is 0.505. The third kappa shape index (κ3) is 3.33. The fraction of sp³-hybridized carbons (Fsp3) is 0. The number of hydrogen-bond acceptors (Lipinski definition) is 6. The number of pyridine rings is 1. The first kappa shape index (κ1) is 14.9. The molecule has 0 unspecified atom stereocenters. The first-order valence-corrected chi connectivity index (χ1v) is 6.52. The molecule has 0 atom stereocenters. The largest absolute Gasteiger partial charge is 0.477 e. The molecule has 0 bridgehead atoms. The van der Waals surface area contributed by atoms with Crippen LogP contribution in [0.15, 0.2) is 24.4 Å². The van der Waals surface area contributed by atoms with Crippen LogP contribution in [-0.2, 0) is 0 Å². The van der Waals surface area contributed by atoms with Gasteiger partial charge in [0, 0.05) is 6.07 Å². The summed E-state index contributed by atoms with van der Waals surface area (Å²) >= 11 is 6.58. The summed E-state index contributed by atoms with van der Waals surface area (Å²) in [6, 6.07) is 3.73. The number of halogens is 1. The predicted octanol–water partition coefficient (Wildman–Crippen LogP) is 2.66. The van der Waals surface area contributed by atoms with Crippen LogP contribution < -0.4 is 5.32 Å². The van der Waals surface area contributed by atoms with Gasteiger partial charge in [-0.3, -0.25) is 14.9 Å². The summed E-state index contributed by atoms with van der Waals surface area (Å²) < 4.78 is 0. The van der Waals surface area contributed by atoms with E-state index in [1.165, 1.54) is 12.1 Å². The first-order chi connectivity index (χ1) is 9.88. The van der Waals surface area contributed by atoms with E-state index in [1.807, 2.05) is 0 Å². The molecule has 2 heterocycles. The standard InChI is InChI=1S/C11H6ClN3O5S/c12-9-6(3-5(4-13-9)15(19)20)10(16)14-8-2-1-7(21-8)11(17)18/h1-4H,(H,14,16)(H,17,18). The third-order valence-electron chi connectivity index (χ3n) is 2.33. The summed E-state index contributed by atoms with van der Waals surface area (Å²) in [5, 5.41) is 21.9. The highest BCUT2D eigenvalue weighted by Crippen LogP contribution is 2.24. The Morgan fingerprint density at radius 2 is 2.14 bits per heavy atom. The Bertz CT molecular complexity index is 745. The van der Waals surface area contributed by atoms with E-state index < -0.39 is 16.8 Å². The molecule has 0 aliphatic carbocycles. The maximum absolute atomic E-state index is 12.0. The number of nitrogens with one attached hydrogen (secondary N) is 1. The van der Waals surface area contributed by atoms with E-state index in [2.05, 4.69) is 10.3 Å². The fourth-order valence-corrected chi connectivity index (χ4v) is 2.32. The zero-order chi connectivity index (χ0) is 15.6. The van der Waals surface area contributed by atoms with Crippen molar-refractivity contribution >= 4 is 45.5 Å². The molecule has 2 aromatic rings. The Kier molecular flexibility index (Phi) is 4.15. The second-order valence-corrected chi connectivity index (χ2v) is 5.15. The Balaban J connectivity index is 2.25. The number of carbonyl (C=O) groups excluding carboxylic acids is 1. The Morgan fingerprint density at radius 3 is 2.71 bits per heavy atom. The second kappa shape index (κ2) is 5.85. The number of nitro groups is 1. The van der Waals surface area contributed by atoms with Gasteiger partial charge in [-0.15, -0.1) is 11.3 Å². The molecule has 2 N–H and O–H groups in total. The van der Waals surface area contributed by atoms with Crippen LogP contribution in [-0.4, -0.2) is 26.9 Å². The molecule has 0 aromatic carbocycles. The molecule has 0 aliphatic heterocycles. The van der Waals surface area contributed by atoms with Crippen molar-refractivity contribution in [3.05, 3.63) is 50.1 Å².